The van der Waals surface area contributed by atoms with Gasteiger partial charge in [-0.1, -0.05) is 6.92 Å². The first-order valence-corrected chi connectivity index (χ1v) is 6.08. The second-order valence-corrected chi connectivity index (χ2v) is 4.65. The van der Waals surface area contributed by atoms with E-state index in [-0.39, 0.29) is 11.8 Å². The normalized spacial score (nSPS) is 12.1. The van der Waals surface area contributed by atoms with Crippen LogP contribution in [0.3, 0.4) is 0 Å². The topological polar surface area (TPSA) is 64.3 Å². The van der Waals surface area contributed by atoms with Crippen molar-refractivity contribution in [3.63, 3.8) is 0 Å². The summed E-state index contributed by atoms with van der Waals surface area (Å²) in [4.78, 5) is 11.9. The number of methoxy groups -OCH3 is 1. The van der Waals surface area contributed by atoms with Gasteiger partial charge in [0.1, 0.15) is 5.75 Å². The van der Waals surface area contributed by atoms with E-state index in [1.165, 1.54) is 0 Å². The molecule has 0 fully saturated rings. The smallest absolute Gasteiger partial charge is 0.228 e. The predicted molar refractivity (Wildman–Crippen MR) is 74.1 cm³/mol. The lowest BCUT2D eigenvalue weighted by molar-refractivity contribution is -0.119. The van der Waals surface area contributed by atoms with Crippen LogP contribution in [-0.2, 0) is 4.79 Å². The molecule has 1 amide bonds. The zero-order valence-corrected chi connectivity index (χ0v) is 11.8. The van der Waals surface area contributed by atoms with Gasteiger partial charge in [0.05, 0.1) is 7.11 Å². The molecule has 0 aliphatic carbocycles. The van der Waals surface area contributed by atoms with Gasteiger partial charge >= 0.3 is 0 Å². The molecule has 18 heavy (non-hydrogen) atoms. The van der Waals surface area contributed by atoms with E-state index in [0.717, 1.165) is 28.1 Å². The molecule has 3 N–H and O–H groups in total. The minimum absolute atomic E-state index is 0.0479. The third-order valence-electron chi connectivity index (χ3n) is 3.32. The summed E-state index contributed by atoms with van der Waals surface area (Å²) in [5.41, 5.74) is 9.42. The van der Waals surface area contributed by atoms with E-state index in [1.807, 2.05) is 33.8 Å². The van der Waals surface area contributed by atoms with Crippen LogP contribution >= 0.6 is 0 Å². The lowest BCUT2D eigenvalue weighted by Gasteiger charge is -2.18. The lowest BCUT2D eigenvalue weighted by atomic mass is 10.0. The SMILES string of the molecule is COc1cc(C)c(NC(=O)C(C)CN)c(C)c1C. The maximum Gasteiger partial charge on any atom is 0.228 e. The summed E-state index contributed by atoms with van der Waals surface area (Å²) in [5.74, 6) is 0.606. The monoisotopic (exact) mass is 250 g/mol. The van der Waals surface area contributed by atoms with Crippen LogP contribution in [0.4, 0.5) is 5.69 Å². The molecular formula is C14H22N2O2. The summed E-state index contributed by atoms with van der Waals surface area (Å²) in [6.45, 7) is 8.08. The van der Waals surface area contributed by atoms with Crippen molar-refractivity contribution in [3.05, 3.63) is 22.8 Å². The van der Waals surface area contributed by atoms with E-state index in [9.17, 15) is 4.79 Å². The Morgan fingerprint density at radius 3 is 2.50 bits per heavy atom. The van der Waals surface area contributed by atoms with E-state index in [2.05, 4.69) is 5.32 Å². The number of hydrogen-bond donors (Lipinski definition) is 2. The van der Waals surface area contributed by atoms with E-state index in [0.29, 0.717) is 6.54 Å². The summed E-state index contributed by atoms with van der Waals surface area (Å²) in [6, 6.07) is 1.94. The van der Waals surface area contributed by atoms with Gasteiger partial charge in [0.25, 0.3) is 0 Å². The highest BCUT2D eigenvalue weighted by Gasteiger charge is 2.16. The van der Waals surface area contributed by atoms with Crippen molar-refractivity contribution in [2.24, 2.45) is 11.7 Å². The Morgan fingerprint density at radius 2 is 2.00 bits per heavy atom. The lowest BCUT2D eigenvalue weighted by Crippen LogP contribution is -2.27. The van der Waals surface area contributed by atoms with Crippen molar-refractivity contribution in [2.75, 3.05) is 19.0 Å². The molecule has 0 aliphatic heterocycles. The number of anilines is 1. The quantitative estimate of drug-likeness (QED) is 0.860. The van der Waals surface area contributed by atoms with Gasteiger partial charge in [-0.25, -0.2) is 0 Å². The average Bonchev–Trinajstić information content (AvgIpc) is 2.37. The molecule has 1 unspecified atom stereocenters. The number of rotatable bonds is 4. The summed E-state index contributed by atoms with van der Waals surface area (Å²) in [6.07, 6.45) is 0. The highest BCUT2D eigenvalue weighted by molar-refractivity contribution is 5.94. The Hall–Kier alpha value is -1.55. The summed E-state index contributed by atoms with van der Waals surface area (Å²) in [5, 5.41) is 2.95. The first kappa shape index (κ1) is 14.5. The Bertz CT molecular complexity index is 456. The summed E-state index contributed by atoms with van der Waals surface area (Å²) < 4.78 is 5.30. The number of carbonyl (C=O) groups is 1. The second-order valence-electron chi connectivity index (χ2n) is 4.65. The van der Waals surface area contributed by atoms with Gasteiger partial charge in [-0.3, -0.25) is 4.79 Å². The molecule has 0 bridgehead atoms. The van der Waals surface area contributed by atoms with Crippen LogP contribution in [0.15, 0.2) is 6.07 Å². The van der Waals surface area contributed by atoms with Crippen molar-refractivity contribution in [1.82, 2.24) is 0 Å². The zero-order valence-electron chi connectivity index (χ0n) is 11.8. The molecule has 0 saturated carbocycles. The molecule has 4 heteroatoms. The maximum atomic E-state index is 11.9. The number of hydrogen-bond acceptors (Lipinski definition) is 3. The molecule has 4 nitrogen and oxygen atoms in total. The minimum atomic E-state index is -0.189. The molecule has 1 aromatic carbocycles. The van der Waals surface area contributed by atoms with Crippen LogP contribution in [-0.4, -0.2) is 19.6 Å². The Balaban J connectivity index is 3.11. The van der Waals surface area contributed by atoms with Crippen molar-refractivity contribution in [2.45, 2.75) is 27.7 Å². The van der Waals surface area contributed by atoms with Gasteiger partial charge in [-0.05, 0) is 43.5 Å². The molecule has 0 aromatic heterocycles. The Labute approximate surface area is 109 Å². The molecule has 100 valence electrons. The fourth-order valence-corrected chi connectivity index (χ4v) is 1.80. The number of amides is 1. The van der Waals surface area contributed by atoms with Crippen LogP contribution < -0.4 is 15.8 Å². The van der Waals surface area contributed by atoms with E-state index < -0.39 is 0 Å². The van der Waals surface area contributed by atoms with Crippen LogP contribution in [0.5, 0.6) is 5.75 Å². The fourth-order valence-electron chi connectivity index (χ4n) is 1.80. The number of benzene rings is 1. The van der Waals surface area contributed by atoms with Crippen molar-refractivity contribution >= 4 is 11.6 Å². The van der Waals surface area contributed by atoms with Crippen molar-refractivity contribution < 1.29 is 9.53 Å². The fraction of sp³-hybridized carbons (Fsp3) is 0.500. The van der Waals surface area contributed by atoms with Gasteiger partial charge in [0, 0.05) is 18.2 Å². The molecule has 0 radical (unpaired) electrons. The molecule has 0 saturated heterocycles. The number of aryl methyl sites for hydroxylation is 1. The molecule has 0 heterocycles. The van der Waals surface area contributed by atoms with Crippen molar-refractivity contribution in [1.29, 1.82) is 0 Å². The van der Waals surface area contributed by atoms with E-state index in [4.69, 9.17) is 10.5 Å². The Kier molecular flexibility index (Phi) is 4.73. The largest absolute Gasteiger partial charge is 0.496 e. The van der Waals surface area contributed by atoms with Crippen LogP contribution in [0, 0.1) is 26.7 Å². The van der Waals surface area contributed by atoms with Gasteiger partial charge < -0.3 is 15.8 Å². The van der Waals surface area contributed by atoms with Gasteiger partial charge in [0.2, 0.25) is 5.91 Å². The standard InChI is InChI=1S/C14H22N2O2/c1-8-6-12(18-5)10(3)11(4)13(8)16-14(17)9(2)7-15/h6,9H,7,15H2,1-5H3,(H,16,17). The van der Waals surface area contributed by atoms with Crippen LogP contribution in [0.1, 0.15) is 23.6 Å². The minimum Gasteiger partial charge on any atom is -0.496 e. The van der Waals surface area contributed by atoms with Gasteiger partial charge in [0.15, 0.2) is 0 Å². The summed E-state index contributed by atoms with van der Waals surface area (Å²) in [7, 11) is 1.65. The third-order valence-corrected chi connectivity index (χ3v) is 3.32. The number of nitrogens with two attached hydrogens (primary N) is 1. The first-order valence-electron chi connectivity index (χ1n) is 6.08. The van der Waals surface area contributed by atoms with E-state index in [1.54, 1.807) is 7.11 Å². The molecular weight excluding hydrogens is 228 g/mol. The van der Waals surface area contributed by atoms with E-state index >= 15 is 0 Å². The third kappa shape index (κ3) is 2.82. The molecule has 1 aromatic rings. The first-order chi connectivity index (χ1) is 8.42. The molecule has 1 atom stereocenters. The van der Waals surface area contributed by atoms with Gasteiger partial charge in [-0.15, -0.1) is 0 Å². The number of ether oxygens (including phenoxy) is 1. The molecule has 0 spiro atoms. The highest BCUT2D eigenvalue weighted by atomic mass is 16.5. The van der Waals surface area contributed by atoms with Gasteiger partial charge in [-0.2, -0.15) is 0 Å². The average molecular weight is 250 g/mol. The van der Waals surface area contributed by atoms with Crippen LogP contribution in [0.2, 0.25) is 0 Å². The summed E-state index contributed by atoms with van der Waals surface area (Å²) >= 11 is 0. The molecule has 0 aliphatic rings. The Morgan fingerprint density at radius 1 is 1.39 bits per heavy atom. The predicted octanol–water partition coefficient (Wildman–Crippen LogP) is 2.15. The highest BCUT2D eigenvalue weighted by Crippen LogP contribution is 2.31. The molecule has 1 rings (SSSR count). The van der Waals surface area contributed by atoms with Crippen molar-refractivity contribution in [3.8, 4) is 5.75 Å². The van der Waals surface area contributed by atoms with Crippen LogP contribution in [0.25, 0.3) is 0 Å². The number of nitrogens with one attached hydrogen (secondary N) is 1. The number of carbonyl (C=O) groups excluding carboxylic acids is 1. The maximum absolute atomic E-state index is 11.9. The zero-order chi connectivity index (χ0) is 13.9. The second kappa shape index (κ2) is 5.87.